The second-order valence-electron chi connectivity index (χ2n) is 6.09. The van der Waals surface area contributed by atoms with Gasteiger partial charge in [-0.05, 0) is 35.6 Å². The van der Waals surface area contributed by atoms with Crippen molar-refractivity contribution in [2.75, 3.05) is 7.11 Å². The molecule has 0 radical (unpaired) electrons. The molecular weight excluding hydrogens is 322 g/mol. The van der Waals surface area contributed by atoms with E-state index in [9.17, 15) is 8.42 Å². The highest BCUT2D eigenvalue weighted by atomic mass is 32.2. The number of hydrogen-bond donors (Lipinski definition) is 1. The number of rotatable bonds is 7. The summed E-state index contributed by atoms with van der Waals surface area (Å²) in [5.74, 6) is 0.454. The van der Waals surface area contributed by atoms with E-state index in [2.05, 4.69) is 11.6 Å². The van der Waals surface area contributed by atoms with Crippen LogP contribution >= 0.6 is 0 Å². The highest BCUT2D eigenvalue weighted by Crippen LogP contribution is 2.28. The van der Waals surface area contributed by atoms with Gasteiger partial charge in [0.2, 0.25) is 10.0 Å². The summed E-state index contributed by atoms with van der Waals surface area (Å²) in [6, 6.07) is 14.4. The van der Waals surface area contributed by atoms with Crippen LogP contribution in [-0.4, -0.2) is 15.5 Å². The average Bonchev–Trinajstić information content (AvgIpc) is 2.59. The van der Waals surface area contributed by atoms with Gasteiger partial charge in [0.1, 0.15) is 10.6 Å². The number of sulfonamides is 1. The van der Waals surface area contributed by atoms with Gasteiger partial charge in [0, 0.05) is 6.04 Å². The van der Waals surface area contributed by atoms with Gasteiger partial charge in [-0.3, -0.25) is 0 Å². The van der Waals surface area contributed by atoms with Crippen molar-refractivity contribution < 1.29 is 13.2 Å². The zero-order valence-corrected chi connectivity index (χ0v) is 15.4. The van der Waals surface area contributed by atoms with Gasteiger partial charge < -0.3 is 4.74 Å². The number of hydrogen-bond acceptors (Lipinski definition) is 3. The summed E-state index contributed by atoms with van der Waals surface area (Å²) in [7, 11) is -2.22. The summed E-state index contributed by atoms with van der Waals surface area (Å²) in [6.07, 6.45) is 0.958. The normalized spacial score (nSPS) is 13.0. The predicted molar refractivity (Wildman–Crippen MR) is 96.7 cm³/mol. The van der Waals surface area contributed by atoms with Gasteiger partial charge in [-0.1, -0.05) is 57.2 Å². The number of benzene rings is 2. The van der Waals surface area contributed by atoms with Crippen molar-refractivity contribution in [3.8, 4) is 5.75 Å². The largest absolute Gasteiger partial charge is 0.495 e. The lowest BCUT2D eigenvalue weighted by Gasteiger charge is -2.23. The minimum atomic E-state index is -3.69. The summed E-state index contributed by atoms with van der Waals surface area (Å²) in [5.41, 5.74) is 2.19. The van der Waals surface area contributed by atoms with Crippen molar-refractivity contribution >= 4 is 10.0 Å². The number of para-hydroxylation sites is 1. The Morgan fingerprint density at radius 3 is 2.21 bits per heavy atom. The van der Waals surface area contributed by atoms with Gasteiger partial charge in [0.15, 0.2) is 0 Å². The Labute approximate surface area is 144 Å². The molecule has 2 rings (SSSR count). The Balaban J connectivity index is 2.35. The Hall–Kier alpha value is -1.85. The minimum absolute atomic E-state index is 0.113. The smallest absolute Gasteiger partial charge is 0.244 e. The Bertz CT molecular complexity index is 767. The molecule has 0 aliphatic heterocycles. The molecule has 2 aromatic carbocycles. The van der Waals surface area contributed by atoms with Crippen molar-refractivity contribution in [1.82, 2.24) is 4.72 Å². The van der Waals surface area contributed by atoms with Crippen molar-refractivity contribution in [2.45, 2.75) is 38.1 Å². The highest BCUT2D eigenvalue weighted by Gasteiger charge is 2.26. The number of methoxy groups -OCH3 is 1. The molecule has 0 bridgehead atoms. The molecule has 1 unspecified atom stereocenters. The molecule has 0 saturated heterocycles. The molecule has 1 N–H and O–H groups in total. The van der Waals surface area contributed by atoms with Crippen LogP contribution in [0.25, 0.3) is 0 Å². The van der Waals surface area contributed by atoms with E-state index in [1.54, 1.807) is 24.3 Å². The molecule has 0 heterocycles. The lowest BCUT2D eigenvalue weighted by molar-refractivity contribution is 0.400. The first-order chi connectivity index (χ1) is 11.4. The molecule has 0 aromatic heterocycles. The van der Waals surface area contributed by atoms with E-state index in [0.717, 1.165) is 12.0 Å². The summed E-state index contributed by atoms with van der Waals surface area (Å²) in [6.45, 7) is 6.10. The first-order valence-corrected chi connectivity index (χ1v) is 9.61. The maximum Gasteiger partial charge on any atom is 0.244 e. The van der Waals surface area contributed by atoms with Crippen LogP contribution in [0.3, 0.4) is 0 Å². The van der Waals surface area contributed by atoms with E-state index in [4.69, 9.17) is 4.74 Å². The Morgan fingerprint density at radius 1 is 1.04 bits per heavy atom. The number of nitrogens with one attached hydrogen (secondary N) is 1. The molecule has 130 valence electrons. The molecule has 1 atom stereocenters. The number of aryl methyl sites for hydroxylation is 1. The quantitative estimate of drug-likeness (QED) is 0.825. The van der Waals surface area contributed by atoms with Crippen LogP contribution in [0.2, 0.25) is 0 Å². The third-order valence-electron chi connectivity index (χ3n) is 4.05. The minimum Gasteiger partial charge on any atom is -0.495 e. The molecular formula is C19H25NO3S. The van der Waals surface area contributed by atoms with E-state index in [0.29, 0.717) is 5.75 Å². The van der Waals surface area contributed by atoms with Crippen molar-refractivity contribution in [2.24, 2.45) is 5.92 Å². The molecule has 0 spiro atoms. The lowest BCUT2D eigenvalue weighted by atomic mass is 9.96. The fraction of sp³-hybridized carbons (Fsp3) is 0.368. The molecule has 0 aliphatic rings. The third kappa shape index (κ3) is 4.16. The SMILES string of the molecule is CCc1ccc(C(NS(=O)(=O)c2ccccc2OC)C(C)C)cc1. The van der Waals surface area contributed by atoms with E-state index in [-0.39, 0.29) is 16.9 Å². The molecule has 0 saturated carbocycles. The maximum atomic E-state index is 12.8. The molecule has 0 aliphatic carbocycles. The first kappa shape index (κ1) is 18.5. The summed E-state index contributed by atoms with van der Waals surface area (Å²) < 4.78 is 33.7. The zero-order valence-electron chi connectivity index (χ0n) is 14.6. The Kier molecular flexibility index (Phi) is 6.02. The van der Waals surface area contributed by atoms with Crippen molar-refractivity contribution in [3.05, 3.63) is 59.7 Å². The predicted octanol–water partition coefficient (Wildman–Crippen LogP) is 3.93. The third-order valence-corrected chi connectivity index (χ3v) is 5.53. The molecule has 5 heteroatoms. The molecule has 24 heavy (non-hydrogen) atoms. The molecule has 0 amide bonds. The molecule has 4 nitrogen and oxygen atoms in total. The van der Waals surface area contributed by atoms with Crippen LogP contribution < -0.4 is 9.46 Å². The topological polar surface area (TPSA) is 55.4 Å². The average molecular weight is 347 g/mol. The van der Waals surface area contributed by atoms with Crippen LogP contribution in [0, 0.1) is 5.92 Å². The number of ether oxygens (including phenoxy) is 1. The Morgan fingerprint density at radius 2 is 1.67 bits per heavy atom. The monoisotopic (exact) mass is 347 g/mol. The standard InChI is InChI=1S/C19H25NO3S/c1-5-15-10-12-16(13-11-15)19(14(2)3)20-24(21,22)18-9-7-6-8-17(18)23-4/h6-14,19-20H,5H2,1-4H3. The second kappa shape index (κ2) is 7.81. The second-order valence-corrected chi connectivity index (χ2v) is 7.77. The summed E-state index contributed by atoms with van der Waals surface area (Å²) in [4.78, 5) is 0.156. The zero-order chi connectivity index (χ0) is 17.7. The van der Waals surface area contributed by atoms with Gasteiger partial charge in [-0.25, -0.2) is 13.1 Å². The van der Waals surface area contributed by atoms with E-state index >= 15 is 0 Å². The van der Waals surface area contributed by atoms with Crippen LogP contribution in [0.4, 0.5) is 0 Å². The van der Waals surface area contributed by atoms with Gasteiger partial charge in [-0.2, -0.15) is 0 Å². The van der Waals surface area contributed by atoms with Crippen molar-refractivity contribution in [1.29, 1.82) is 0 Å². The van der Waals surface area contributed by atoms with Crippen molar-refractivity contribution in [3.63, 3.8) is 0 Å². The lowest BCUT2D eigenvalue weighted by Crippen LogP contribution is -2.32. The fourth-order valence-electron chi connectivity index (χ4n) is 2.62. The van der Waals surface area contributed by atoms with Gasteiger partial charge >= 0.3 is 0 Å². The molecule has 2 aromatic rings. The van der Waals surface area contributed by atoms with Gasteiger partial charge in [-0.15, -0.1) is 0 Å². The van der Waals surface area contributed by atoms with Gasteiger partial charge in [0.05, 0.1) is 7.11 Å². The summed E-state index contributed by atoms with van der Waals surface area (Å²) >= 11 is 0. The van der Waals surface area contributed by atoms with E-state index in [1.807, 2.05) is 38.1 Å². The summed E-state index contributed by atoms with van der Waals surface area (Å²) in [5, 5.41) is 0. The van der Waals surface area contributed by atoms with Gasteiger partial charge in [0.25, 0.3) is 0 Å². The van der Waals surface area contributed by atoms with Crippen LogP contribution in [0.5, 0.6) is 5.75 Å². The highest BCUT2D eigenvalue weighted by molar-refractivity contribution is 7.89. The first-order valence-electron chi connectivity index (χ1n) is 8.13. The van der Waals surface area contributed by atoms with Crippen LogP contribution in [0.15, 0.2) is 53.4 Å². The van der Waals surface area contributed by atoms with E-state index < -0.39 is 10.0 Å². The molecule has 0 fully saturated rings. The van der Waals surface area contributed by atoms with Crippen LogP contribution in [0.1, 0.15) is 37.9 Å². The maximum absolute atomic E-state index is 12.8. The van der Waals surface area contributed by atoms with E-state index in [1.165, 1.54) is 12.7 Å². The van der Waals surface area contributed by atoms with Crippen LogP contribution in [-0.2, 0) is 16.4 Å². The fourth-order valence-corrected chi connectivity index (χ4v) is 4.16.